The molecule has 1 aromatic heterocycles. The van der Waals surface area contributed by atoms with E-state index in [2.05, 4.69) is 10.6 Å². The Morgan fingerprint density at radius 3 is 2.69 bits per heavy atom. The van der Waals surface area contributed by atoms with Crippen LogP contribution in [0.4, 0.5) is 9.18 Å². The van der Waals surface area contributed by atoms with E-state index >= 15 is 0 Å². The number of para-hydroxylation sites is 1. The number of rotatable bonds is 7. The lowest BCUT2D eigenvalue weighted by atomic mass is 9.96. The molecular formula is C21H26FN3O4. The summed E-state index contributed by atoms with van der Waals surface area (Å²) in [5, 5.41) is 5.72. The van der Waals surface area contributed by atoms with Crippen molar-refractivity contribution in [2.45, 2.75) is 32.4 Å². The van der Waals surface area contributed by atoms with Gasteiger partial charge in [0.05, 0.1) is 18.8 Å². The number of likely N-dealkylation sites (tertiary alicyclic amines) is 1. The van der Waals surface area contributed by atoms with Crippen LogP contribution in [0.3, 0.4) is 0 Å². The van der Waals surface area contributed by atoms with E-state index in [1.807, 2.05) is 6.07 Å². The molecule has 0 bridgehead atoms. The second-order valence-electron chi connectivity index (χ2n) is 7.15. The van der Waals surface area contributed by atoms with E-state index in [4.69, 9.17) is 9.15 Å². The predicted octanol–water partition coefficient (Wildman–Crippen LogP) is 2.92. The Bertz CT molecular complexity index is 804. The fourth-order valence-corrected chi connectivity index (χ4v) is 3.20. The number of piperidine rings is 1. The van der Waals surface area contributed by atoms with Crippen LogP contribution in [-0.2, 0) is 11.3 Å². The van der Waals surface area contributed by atoms with E-state index < -0.39 is 5.82 Å². The van der Waals surface area contributed by atoms with Gasteiger partial charge in [-0.15, -0.1) is 0 Å². The summed E-state index contributed by atoms with van der Waals surface area (Å²) in [6.45, 7) is 3.34. The Morgan fingerprint density at radius 1 is 1.24 bits per heavy atom. The molecule has 1 atom stereocenters. The molecule has 2 heterocycles. The molecule has 3 rings (SSSR count). The number of ether oxygens (including phenoxy) is 1. The molecule has 0 spiro atoms. The molecule has 156 valence electrons. The molecule has 8 heteroatoms. The van der Waals surface area contributed by atoms with Crippen LogP contribution in [0.25, 0.3) is 0 Å². The fourth-order valence-electron chi connectivity index (χ4n) is 3.20. The zero-order valence-electron chi connectivity index (χ0n) is 16.4. The second kappa shape index (κ2) is 9.95. The van der Waals surface area contributed by atoms with E-state index in [9.17, 15) is 14.0 Å². The molecule has 7 nitrogen and oxygen atoms in total. The highest BCUT2D eigenvalue weighted by Crippen LogP contribution is 2.18. The first-order valence-electron chi connectivity index (χ1n) is 9.76. The fraction of sp³-hybridized carbons (Fsp3) is 0.429. The molecule has 1 fully saturated rings. The van der Waals surface area contributed by atoms with Gasteiger partial charge in [-0.2, -0.15) is 0 Å². The van der Waals surface area contributed by atoms with Crippen LogP contribution in [0.5, 0.6) is 5.75 Å². The number of carbonyl (C=O) groups is 2. The van der Waals surface area contributed by atoms with Crippen molar-refractivity contribution in [1.29, 1.82) is 0 Å². The van der Waals surface area contributed by atoms with Crippen LogP contribution < -0.4 is 15.4 Å². The van der Waals surface area contributed by atoms with Crippen molar-refractivity contribution in [3.8, 4) is 5.75 Å². The molecule has 1 aromatic carbocycles. The van der Waals surface area contributed by atoms with Crippen molar-refractivity contribution >= 4 is 11.9 Å². The first-order valence-corrected chi connectivity index (χ1v) is 9.76. The third kappa shape index (κ3) is 5.97. The van der Waals surface area contributed by atoms with E-state index in [1.54, 1.807) is 42.4 Å². The molecule has 2 aromatic rings. The van der Waals surface area contributed by atoms with Gasteiger partial charge in [0.25, 0.3) is 0 Å². The summed E-state index contributed by atoms with van der Waals surface area (Å²) in [6.07, 6.45) is 2.79. The highest BCUT2D eigenvalue weighted by molar-refractivity contribution is 5.79. The summed E-state index contributed by atoms with van der Waals surface area (Å²) in [5.41, 5.74) is 0. The Kier molecular flexibility index (Phi) is 7.10. The lowest BCUT2D eigenvalue weighted by Gasteiger charge is -2.32. The topological polar surface area (TPSA) is 83.8 Å². The molecule has 0 aliphatic carbocycles. The van der Waals surface area contributed by atoms with Gasteiger partial charge in [0, 0.05) is 19.0 Å². The van der Waals surface area contributed by atoms with Gasteiger partial charge in [0.15, 0.2) is 11.6 Å². The van der Waals surface area contributed by atoms with E-state index in [1.165, 1.54) is 6.07 Å². The third-order valence-electron chi connectivity index (χ3n) is 4.87. The molecule has 29 heavy (non-hydrogen) atoms. The predicted molar refractivity (Wildman–Crippen MR) is 105 cm³/mol. The van der Waals surface area contributed by atoms with Gasteiger partial charge in [-0.3, -0.25) is 4.79 Å². The molecular weight excluding hydrogens is 377 g/mol. The standard InChI is InChI=1S/C21H26FN3O4/c1-15(14-29-19-7-3-2-6-18(19)22)24-21(27)25-10-8-16(9-11-25)20(26)23-13-17-5-4-12-28-17/h2-7,12,15-16H,8-11,13-14H2,1H3,(H,23,26)(H,24,27). The normalized spacial score (nSPS) is 15.6. The van der Waals surface area contributed by atoms with Crippen LogP contribution in [0.1, 0.15) is 25.5 Å². The van der Waals surface area contributed by atoms with Crippen LogP contribution in [0, 0.1) is 11.7 Å². The Labute approximate surface area is 169 Å². The van der Waals surface area contributed by atoms with Crippen molar-refractivity contribution in [3.63, 3.8) is 0 Å². The molecule has 1 aliphatic rings. The lowest BCUT2D eigenvalue weighted by molar-refractivity contribution is -0.126. The molecule has 1 unspecified atom stereocenters. The Hall–Kier alpha value is -3.03. The van der Waals surface area contributed by atoms with Crippen LogP contribution in [0.2, 0.25) is 0 Å². The average Bonchev–Trinajstić information content (AvgIpc) is 3.25. The highest BCUT2D eigenvalue weighted by Gasteiger charge is 2.27. The van der Waals surface area contributed by atoms with Crippen LogP contribution in [0.15, 0.2) is 47.1 Å². The Morgan fingerprint density at radius 2 is 2.00 bits per heavy atom. The molecule has 0 saturated carbocycles. The van der Waals surface area contributed by atoms with Crippen LogP contribution in [-0.4, -0.2) is 42.6 Å². The van der Waals surface area contributed by atoms with Gasteiger partial charge < -0.3 is 24.7 Å². The largest absolute Gasteiger partial charge is 0.488 e. The summed E-state index contributed by atoms with van der Waals surface area (Å²) < 4.78 is 24.2. The number of urea groups is 1. The number of hydrogen-bond acceptors (Lipinski definition) is 4. The molecule has 3 amide bonds. The summed E-state index contributed by atoms with van der Waals surface area (Å²) >= 11 is 0. The first-order chi connectivity index (χ1) is 14.0. The van der Waals surface area contributed by atoms with Gasteiger partial charge in [-0.05, 0) is 44.0 Å². The smallest absolute Gasteiger partial charge is 0.317 e. The van der Waals surface area contributed by atoms with Crippen molar-refractivity contribution in [1.82, 2.24) is 15.5 Å². The molecule has 1 aliphatic heterocycles. The van der Waals surface area contributed by atoms with E-state index in [-0.39, 0.29) is 36.3 Å². The first kappa shape index (κ1) is 20.7. The summed E-state index contributed by atoms with van der Waals surface area (Å²) in [7, 11) is 0. The Balaban J connectivity index is 1.36. The van der Waals surface area contributed by atoms with Crippen molar-refractivity contribution < 1.29 is 23.1 Å². The monoisotopic (exact) mass is 403 g/mol. The minimum absolute atomic E-state index is 0.0203. The SMILES string of the molecule is CC(COc1ccccc1F)NC(=O)N1CCC(C(=O)NCc2ccco2)CC1. The van der Waals surface area contributed by atoms with Gasteiger partial charge >= 0.3 is 6.03 Å². The van der Waals surface area contributed by atoms with E-state index in [0.29, 0.717) is 38.2 Å². The average molecular weight is 403 g/mol. The van der Waals surface area contributed by atoms with Gasteiger partial charge in [0.1, 0.15) is 12.4 Å². The quantitative estimate of drug-likeness (QED) is 0.745. The van der Waals surface area contributed by atoms with Gasteiger partial charge in [-0.25, -0.2) is 9.18 Å². The third-order valence-corrected chi connectivity index (χ3v) is 4.87. The number of nitrogens with one attached hydrogen (secondary N) is 2. The van der Waals surface area contributed by atoms with Crippen molar-refractivity contribution in [3.05, 3.63) is 54.2 Å². The summed E-state index contributed by atoms with van der Waals surface area (Å²) in [6, 6.07) is 9.26. The minimum atomic E-state index is -0.432. The molecule has 0 radical (unpaired) electrons. The number of carbonyl (C=O) groups excluding carboxylic acids is 2. The zero-order valence-corrected chi connectivity index (χ0v) is 16.4. The maximum Gasteiger partial charge on any atom is 0.317 e. The van der Waals surface area contributed by atoms with Gasteiger partial charge in [-0.1, -0.05) is 12.1 Å². The summed E-state index contributed by atoms with van der Waals surface area (Å²) in [4.78, 5) is 26.4. The number of benzene rings is 1. The number of nitrogens with zero attached hydrogens (tertiary/aromatic N) is 1. The van der Waals surface area contributed by atoms with E-state index in [0.717, 1.165) is 0 Å². The second-order valence-corrected chi connectivity index (χ2v) is 7.15. The minimum Gasteiger partial charge on any atom is -0.488 e. The molecule has 1 saturated heterocycles. The van der Waals surface area contributed by atoms with Crippen LogP contribution >= 0.6 is 0 Å². The number of amides is 3. The zero-order chi connectivity index (χ0) is 20.6. The maximum absolute atomic E-state index is 13.6. The highest BCUT2D eigenvalue weighted by atomic mass is 19.1. The van der Waals surface area contributed by atoms with Crippen molar-refractivity contribution in [2.75, 3.05) is 19.7 Å². The maximum atomic E-state index is 13.6. The number of halogens is 1. The lowest BCUT2D eigenvalue weighted by Crippen LogP contribution is -2.49. The number of furan rings is 1. The molecule has 2 N–H and O–H groups in total. The van der Waals surface area contributed by atoms with Gasteiger partial charge in [0.2, 0.25) is 5.91 Å². The number of hydrogen-bond donors (Lipinski definition) is 2. The summed E-state index contributed by atoms with van der Waals surface area (Å²) in [5.74, 6) is 0.305. The van der Waals surface area contributed by atoms with Crippen molar-refractivity contribution in [2.24, 2.45) is 5.92 Å².